The molecule has 1 aliphatic heterocycles. The molecule has 0 atom stereocenters. The number of carbonyl (C=O) groups excluding carboxylic acids is 2. The van der Waals surface area contributed by atoms with E-state index in [9.17, 15) is 18.0 Å². The largest absolute Gasteiger partial charge is 0.350 e. The summed E-state index contributed by atoms with van der Waals surface area (Å²) in [5.41, 5.74) is 2.63. The lowest BCUT2D eigenvalue weighted by molar-refractivity contribution is -0.117. The van der Waals surface area contributed by atoms with Gasteiger partial charge in [-0.2, -0.15) is 4.31 Å². The fraction of sp³-hybridized carbons (Fsp3) is 0.304. The number of carbonyl (C=O) groups is 2. The van der Waals surface area contributed by atoms with Gasteiger partial charge < -0.3 is 10.6 Å². The molecule has 0 radical (unpaired) electrons. The van der Waals surface area contributed by atoms with Crippen LogP contribution >= 0.6 is 0 Å². The van der Waals surface area contributed by atoms with Gasteiger partial charge in [-0.25, -0.2) is 8.42 Å². The Morgan fingerprint density at radius 3 is 2.29 bits per heavy atom. The average molecular weight is 442 g/mol. The third kappa shape index (κ3) is 6.02. The molecule has 1 saturated heterocycles. The molecule has 31 heavy (non-hydrogen) atoms. The van der Waals surface area contributed by atoms with E-state index in [2.05, 4.69) is 10.6 Å². The van der Waals surface area contributed by atoms with Gasteiger partial charge in [0.05, 0.1) is 4.90 Å². The zero-order valence-corrected chi connectivity index (χ0v) is 18.5. The van der Waals surface area contributed by atoms with E-state index in [0.717, 1.165) is 11.1 Å². The maximum atomic E-state index is 12.9. The van der Waals surface area contributed by atoms with E-state index in [1.165, 1.54) is 29.4 Å². The van der Waals surface area contributed by atoms with Crippen LogP contribution in [-0.2, 0) is 19.6 Å². The standard InChI is InChI=1S/C23H27N3O4S/c1-17-5-3-4-6-19(17)7-12-23(28)25-21-13-15-26(16-14-21)31(29,30)22-10-8-20(9-11-22)24-18(2)27/h3-12,21H,13-16H2,1-2H3,(H,24,27)(H,25,28)/b12-7+. The lowest BCUT2D eigenvalue weighted by Crippen LogP contribution is -2.46. The summed E-state index contributed by atoms with van der Waals surface area (Å²) in [4.78, 5) is 23.5. The molecule has 1 heterocycles. The van der Waals surface area contributed by atoms with Crippen molar-refractivity contribution in [3.63, 3.8) is 0 Å². The van der Waals surface area contributed by atoms with Crippen LogP contribution in [0.1, 0.15) is 30.9 Å². The Labute approximate surface area is 183 Å². The summed E-state index contributed by atoms with van der Waals surface area (Å²) in [6.07, 6.45) is 4.40. The van der Waals surface area contributed by atoms with E-state index in [1.807, 2.05) is 31.2 Å². The van der Waals surface area contributed by atoms with Crippen LogP contribution < -0.4 is 10.6 Å². The van der Waals surface area contributed by atoms with E-state index in [0.29, 0.717) is 31.6 Å². The molecule has 7 nitrogen and oxygen atoms in total. The average Bonchev–Trinajstić information content (AvgIpc) is 2.73. The highest BCUT2D eigenvalue weighted by atomic mass is 32.2. The Morgan fingerprint density at radius 2 is 1.68 bits per heavy atom. The lowest BCUT2D eigenvalue weighted by atomic mass is 10.1. The third-order valence-electron chi connectivity index (χ3n) is 5.22. The molecule has 2 aromatic rings. The number of hydrogen-bond donors (Lipinski definition) is 2. The second-order valence-corrected chi connectivity index (χ2v) is 9.52. The molecule has 0 bridgehead atoms. The third-order valence-corrected chi connectivity index (χ3v) is 7.13. The number of aryl methyl sites for hydroxylation is 1. The first-order chi connectivity index (χ1) is 14.8. The molecule has 0 aliphatic carbocycles. The van der Waals surface area contributed by atoms with Crippen molar-refractivity contribution < 1.29 is 18.0 Å². The Kier molecular flexibility index (Phi) is 7.25. The van der Waals surface area contributed by atoms with Gasteiger partial charge >= 0.3 is 0 Å². The van der Waals surface area contributed by atoms with Crippen LogP contribution in [0.25, 0.3) is 6.08 Å². The van der Waals surface area contributed by atoms with E-state index in [-0.39, 0.29) is 22.8 Å². The van der Waals surface area contributed by atoms with E-state index < -0.39 is 10.0 Å². The Hall–Kier alpha value is -2.97. The SMILES string of the molecule is CC(=O)Nc1ccc(S(=O)(=O)N2CCC(NC(=O)/C=C/c3ccccc3C)CC2)cc1. The molecule has 8 heteroatoms. The maximum Gasteiger partial charge on any atom is 0.244 e. The fourth-order valence-corrected chi connectivity index (χ4v) is 4.96. The van der Waals surface area contributed by atoms with Crippen LogP contribution in [0.3, 0.4) is 0 Å². The zero-order chi connectivity index (χ0) is 22.4. The summed E-state index contributed by atoms with van der Waals surface area (Å²) in [6, 6.07) is 13.9. The predicted octanol–water partition coefficient (Wildman–Crippen LogP) is 2.94. The number of nitrogens with one attached hydrogen (secondary N) is 2. The minimum atomic E-state index is -3.62. The van der Waals surface area contributed by atoms with Gasteiger partial charge in [0.15, 0.2) is 0 Å². The van der Waals surface area contributed by atoms with Crippen LogP contribution in [0.2, 0.25) is 0 Å². The van der Waals surface area contributed by atoms with Crippen molar-refractivity contribution in [3.05, 3.63) is 65.7 Å². The van der Waals surface area contributed by atoms with Crippen molar-refractivity contribution in [1.29, 1.82) is 0 Å². The Morgan fingerprint density at radius 1 is 1.03 bits per heavy atom. The van der Waals surface area contributed by atoms with Crippen LogP contribution in [0, 0.1) is 6.92 Å². The van der Waals surface area contributed by atoms with Crippen LogP contribution in [0.15, 0.2) is 59.5 Å². The summed E-state index contributed by atoms with van der Waals surface area (Å²) in [5.74, 6) is -0.397. The Bertz CT molecular complexity index is 1070. The number of nitrogens with zero attached hydrogens (tertiary/aromatic N) is 1. The number of piperidine rings is 1. The lowest BCUT2D eigenvalue weighted by Gasteiger charge is -2.31. The van der Waals surface area contributed by atoms with Gasteiger partial charge in [0.1, 0.15) is 0 Å². The topological polar surface area (TPSA) is 95.6 Å². The van der Waals surface area contributed by atoms with Crippen molar-refractivity contribution >= 4 is 33.6 Å². The van der Waals surface area contributed by atoms with Gasteiger partial charge in [-0.15, -0.1) is 0 Å². The van der Waals surface area contributed by atoms with E-state index in [1.54, 1.807) is 18.2 Å². The Balaban J connectivity index is 1.54. The fourth-order valence-electron chi connectivity index (χ4n) is 3.49. The van der Waals surface area contributed by atoms with Crippen molar-refractivity contribution in [2.75, 3.05) is 18.4 Å². The van der Waals surface area contributed by atoms with Gasteiger partial charge in [0.2, 0.25) is 21.8 Å². The van der Waals surface area contributed by atoms with Crippen LogP contribution in [0.5, 0.6) is 0 Å². The van der Waals surface area contributed by atoms with Crippen LogP contribution in [0.4, 0.5) is 5.69 Å². The predicted molar refractivity (Wildman–Crippen MR) is 121 cm³/mol. The molecule has 164 valence electrons. The molecule has 1 aliphatic rings. The van der Waals surface area contributed by atoms with Crippen molar-refractivity contribution in [1.82, 2.24) is 9.62 Å². The highest BCUT2D eigenvalue weighted by Crippen LogP contribution is 2.22. The molecular formula is C23H27N3O4S. The van der Waals surface area contributed by atoms with E-state index in [4.69, 9.17) is 0 Å². The second-order valence-electron chi connectivity index (χ2n) is 7.58. The summed E-state index contributed by atoms with van der Waals surface area (Å²) in [6.45, 7) is 4.05. The summed E-state index contributed by atoms with van der Waals surface area (Å²) < 4.78 is 27.2. The van der Waals surface area contributed by atoms with Gasteiger partial charge in [0.25, 0.3) is 0 Å². The number of benzene rings is 2. The highest BCUT2D eigenvalue weighted by Gasteiger charge is 2.29. The van der Waals surface area contributed by atoms with Crippen molar-refractivity contribution in [3.8, 4) is 0 Å². The summed E-state index contributed by atoms with van der Waals surface area (Å²) >= 11 is 0. The van der Waals surface area contributed by atoms with Gasteiger partial charge in [-0.1, -0.05) is 24.3 Å². The maximum absolute atomic E-state index is 12.9. The number of hydrogen-bond acceptors (Lipinski definition) is 4. The molecule has 0 spiro atoms. The van der Waals surface area contributed by atoms with Crippen LogP contribution in [-0.4, -0.2) is 43.7 Å². The van der Waals surface area contributed by atoms with E-state index >= 15 is 0 Å². The number of sulfonamides is 1. The quantitative estimate of drug-likeness (QED) is 0.674. The number of anilines is 1. The normalized spacial score (nSPS) is 15.7. The van der Waals surface area contributed by atoms with Gasteiger partial charge in [0, 0.05) is 37.8 Å². The molecular weight excluding hydrogens is 414 g/mol. The monoisotopic (exact) mass is 441 g/mol. The van der Waals surface area contributed by atoms with Crippen molar-refractivity contribution in [2.24, 2.45) is 0 Å². The number of amides is 2. The van der Waals surface area contributed by atoms with Gasteiger partial charge in [-0.05, 0) is 61.2 Å². The first-order valence-electron chi connectivity index (χ1n) is 10.2. The molecule has 0 aromatic heterocycles. The molecule has 0 unspecified atom stereocenters. The molecule has 2 aromatic carbocycles. The molecule has 1 fully saturated rings. The molecule has 2 N–H and O–H groups in total. The number of rotatable bonds is 6. The first-order valence-corrected chi connectivity index (χ1v) is 11.6. The second kappa shape index (κ2) is 9.89. The molecule has 0 saturated carbocycles. The molecule has 2 amide bonds. The first kappa shape index (κ1) is 22.7. The molecule has 3 rings (SSSR count). The van der Waals surface area contributed by atoms with Gasteiger partial charge in [-0.3, -0.25) is 9.59 Å². The highest BCUT2D eigenvalue weighted by molar-refractivity contribution is 7.89. The summed E-state index contributed by atoms with van der Waals surface area (Å²) in [5, 5.41) is 5.58. The summed E-state index contributed by atoms with van der Waals surface area (Å²) in [7, 11) is -3.62. The zero-order valence-electron chi connectivity index (χ0n) is 17.7. The minimum Gasteiger partial charge on any atom is -0.350 e. The smallest absolute Gasteiger partial charge is 0.244 e. The van der Waals surface area contributed by atoms with Crippen molar-refractivity contribution in [2.45, 2.75) is 37.6 Å². The minimum absolute atomic E-state index is 0.0670.